The first-order chi connectivity index (χ1) is 13.4. The van der Waals surface area contributed by atoms with E-state index in [9.17, 15) is 14.4 Å². The second kappa shape index (κ2) is 8.12. The van der Waals surface area contributed by atoms with Crippen molar-refractivity contribution in [1.82, 2.24) is 18.7 Å². The number of para-hydroxylation sites is 1. The highest BCUT2D eigenvalue weighted by Crippen LogP contribution is 2.19. The number of fused-ring (bicyclic) bond motifs is 1. The minimum atomic E-state index is -0.449. The maximum absolute atomic E-state index is 12.4. The number of carbonyl (C=O) groups is 1. The number of aromatic nitrogens is 4. The maximum atomic E-state index is 12.4. The standard InChI is InChI=1S/C19H22N4O5/c1-4-27-14-8-6-5-7-13(14)11-28-15(24)9-10-23-12-20-17-16(23)18(25)22(3)19(26)21(17)2/h5-8,12H,4,9-11H2,1-3H3. The van der Waals surface area contributed by atoms with E-state index in [1.54, 1.807) is 11.6 Å². The van der Waals surface area contributed by atoms with E-state index < -0.39 is 17.2 Å². The van der Waals surface area contributed by atoms with Gasteiger partial charge < -0.3 is 14.0 Å². The summed E-state index contributed by atoms with van der Waals surface area (Å²) in [5.74, 6) is 0.276. The van der Waals surface area contributed by atoms with Crippen molar-refractivity contribution in [3.05, 3.63) is 57.0 Å². The number of rotatable bonds is 7. The van der Waals surface area contributed by atoms with Gasteiger partial charge in [-0.15, -0.1) is 0 Å². The fraction of sp³-hybridized carbons (Fsp3) is 0.368. The van der Waals surface area contributed by atoms with Crippen LogP contribution in [-0.4, -0.2) is 31.3 Å². The van der Waals surface area contributed by atoms with Gasteiger partial charge in [-0.1, -0.05) is 18.2 Å². The van der Waals surface area contributed by atoms with E-state index in [2.05, 4.69) is 4.98 Å². The third-order valence-electron chi connectivity index (χ3n) is 4.44. The van der Waals surface area contributed by atoms with Gasteiger partial charge in [0.1, 0.15) is 12.4 Å². The topological polar surface area (TPSA) is 97.3 Å². The second-order valence-corrected chi connectivity index (χ2v) is 6.27. The quantitative estimate of drug-likeness (QED) is 0.561. The summed E-state index contributed by atoms with van der Waals surface area (Å²) < 4.78 is 14.7. The molecule has 28 heavy (non-hydrogen) atoms. The van der Waals surface area contributed by atoms with Crippen molar-refractivity contribution in [2.45, 2.75) is 26.5 Å². The summed E-state index contributed by atoms with van der Waals surface area (Å²) in [4.78, 5) is 40.6. The van der Waals surface area contributed by atoms with Crippen LogP contribution in [0.15, 0.2) is 40.2 Å². The molecule has 9 nitrogen and oxygen atoms in total. The van der Waals surface area contributed by atoms with Gasteiger partial charge in [0.2, 0.25) is 0 Å². The van der Waals surface area contributed by atoms with Crippen molar-refractivity contribution >= 4 is 17.1 Å². The predicted octanol–water partition coefficient (Wildman–Crippen LogP) is 0.966. The fourth-order valence-corrected chi connectivity index (χ4v) is 2.93. The van der Waals surface area contributed by atoms with Crippen molar-refractivity contribution < 1.29 is 14.3 Å². The van der Waals surface area contributed by atoms with E-state index in [4.69, 9.17) is 9.47 Å². The fourth-order valence-electron chi connectivity index (χ4n) is 2.93. The van der Waals surface area contributed by atoms with E-state index >= 15 is 0 Å². The lowest BCUT2D eigenvalue weighted by Gasteiger charge is -2.11. The van der Waals surface area contributed by atoms with E-state index in [0.29, 0.717) is 12.4 Å². The highest BCUT2D eigenvalue weighted by atomic mass is 16.5. The van der Waals surface area contributed by atoms with Crippen molar-refractivity contribution in [2.24, 2.45) is 14.1 Å². The molecule has 0 bridgehead atoms. The molecule has 0 aliphatic rings. The van der Waals surface area contributed by atoms with Crippen LogP contribution in [0.5, 0.6) is 5.75 Å². The molecule has 3 rings (SSSR count). The molecular formula is C19H22N4O5. The highest BCUT2D eigenvalue weighted by molar-refractivity contribution is 5.72. The van der Waals surface area contributed by atoms with Gasteiger partial charge in [0.25, 0.3) is 5.56 Å². The molecule has 0 atom stereocenters. The number of aryl methyl sites for hydroxylation is 2. The SMILES string of the molecule is CCOc1ccccc1COC(=O)CCn1cnc2c1c(=O)n(C)c(=O)n2C. The van der Waals surface area contributed by atoms with Crippen molar-refractivity contribution in [3.8, 4) is 5.75 Å². The van der Waals surface area contributed by atoms with Gasteiger partial charge in [0, 0.05) is 26.2 Å². The first-order valence-corrected chi connectivity index (χ1v) is 8.91. The number of hydrogen-bond donors (Lipinski definition) is 0. The Morgan fingerprint density at radius 2 is 1.89 bits per heavy atom. The molecule has 0 unspecified atom stereocenters. The van der Waals surface area contributed by atoms with Crippen molar-refractivity contribution in [2.75, 3.05) is 6.61 Å². The monoisotopic (exact) mass is 386 g/mol. The van der Waals surface area contributed by atoms with Crippen molar-refractivity contribution in [1.29, 1.82) is 0 Å². The first-order valence-electron chi connectivity index (χ1n) is 8.91. The largest absolute Gasteiger partial charge is 0.493 e. The molecule has 3 aromatic rings. The maximum Gasteiger partial charge on any atom is 0.332 e. The second-order valence-electron chi connectivity index (χ2n) is 6.27. The number of nitrogens with zero attached hydrogens (tertiary/aromatic N) is 4. The normalized spacial score (nSPS) is 11.0. The summed E-state index contributed by atoms with van der Waals surface area (Å²) in [5, 5.41) is 0. The molecule has 1 aromatic carbocycles. The van der Waals surface area contributed by atoms with Gasteiger partial charge in [0.05, 0.1) is 19.4 Å². The number of carbonyl (C=O) groups excluding carboxylic acids is 1. The Bertz CT molecular complexity index is 1130. The Hall–Kier alpha value is -3.36. The summed E-state index contributed by atoms with van der Waals surface area (Å²) >= 11 is 0. The molecule has 2 heterocycles. The Morgan fingerprint density at radius 1 is 1.14 bits per heavy atom. The average molecular weight is 386 g/mol. The Kier molecular flexibility index (Phi) is 5.62. The molecule has 0 fully saturated rings. The zero-order valence-corrected chi connectivity index (χ0v) is 16.0. The molecule has 0 aliphatic carbocycles. The van der Waals surface area contributed by atoms with E-state index in [-0.39, 0.29) is 30.7 Å². The van der Waals surface area contributed by atoms with Gasteiger partial charge in [-0.25, -0.2) is 9.78 Å². The van der Waals surface area contributed by atoms with Crippen LogP contribution < -0.4 is 16.0 Å². The van der Waals surface area contributed by atoms with Crippen LogP contribution in [0.2, 0.25) is 0 Å². The number of imidazole rings is 1. The minimum absolute atomic E-state index is 0.0637. The molecule has 0 saturated heterocycles. The number of ether oxygens (including phenoxy) is 2. The van der Waals surface area contributed by atoms with Gasteiger partial charge in [-0.3, -0.25) is 18.7 Å². The van der Waals surface area contributed by atoms with Crippen LogP contribution in [0.1, 0.15) is 18.9 Å². The van der Waals surface area contributed by atoms with Crippen LogP contribution >= 0.6 is 0 Å². The van der Waals surface area contributed by atoms with Crippen LogP contribution in [0.3, 0.4) is 0 Å². The number of esters is 1. The zero-order valence-electron chi connectivity index (χ0n) is 16.0. The first kappa shape index (κ1) is 19.4. The third-order valence-corrected chi connectivity index (χ3v) is 4.44. The molecule has 0 spiro atoms. The molecular weight excluding hydrogens is 364 g/mol. The number of hydrogen-bond acceptors (Lipinski definition) is 6. The average Bonchev–Trinajstić information content (AvgIpc) is 3.13. The predicted molar refractivity (Wildman–Crippen MR) is 102 cm³/mol. The van der Waals surface area contributed by atoms with Crippen LogP contribution in [-0.2, 0) is 36.8 Å². The molecule has 9 heteroatoms. The van der Waals surface area contributed by atoms with Gasteiger partial charge in [-0.2, -0.15) is 0 Å². The molecule has 0 aliphatic heterocycles. The van der Waals surface area contributed by atoms with Crippen molar-refractivity contribution in [3.63, 3.8) is 0 Å². The highest BCUT2D eigenvalue weighted by Gasteiger charge is 2.15. The van der Waals surface area contributed by atoms with E-state index in [0.717, 1.165) is 10.1 Å². The summed E-state index contributed by atoms with van der Waals surface area (Å²) in [6.45, 7) is 2.74. The molecule has 0 saturated carbocycles. The Balaban J connectivity index is 1.69. The van der Waals surface area contributed by atoms with Gasteiger partial charge in [-0.05, 0) is 13.0 Å². The summed E-state index contributed by atoms with van der Waals surface area (Å²) in [6.07, 6.45) is 1.51. The molecule has 148 valence electrons. The van der Waals surface area contributed by atoms with Crippen LogP contribution in [0.25, 0.3) is 11.2 Å². The van der Waals surface area contributed by atoms with Gasteiger partial charge in [0.15, 0.2) is 11.2 Å². The number of benzene rings is 1. The lowest BCUT2D eigenvalue weighted by molar-refractivity contribution is -0.145. The summed E-state index contributed by atoms with van der Waals surface area (Å²) in [6, 6.07) is 7.37. The molecule has 2 aromatic heterocycles. The summed E-state index contributed by atoms with van der Waals surface area (Å²) in [7, 11) is 2.96. The Labute approximate surface area is 160 Å². The summed E-state index contributed by atoms with van der Waals surface area (Å²) in [5.41, 5.74) is 0.450. The lowest BCUT2D eigenvalue weighted by Crippen LogP contribution is -2.37. The Morgan fingerprint density at radius 3 is 2.64 bits per heavy atom. The zero-order chi connectivity index (χ0) is 20.3. The van der Waals surface area contributed by atoms with Crippen LogP contribution in [0, 0.1) is 0 Å². The van der Waals surface area contributed by atoms with Crippen LogP contribution in [0.4, 0.5) is 0 Å². The smallest absolute Gasteiger partial charge is 0.332 e. The van der Waals surface area contributed by atoms with E-state index in [1.807, 2.05) is 31.2 Å². The molecule has 0 amide bonds. The molecule has 0 N–H and O–H groups in total. The minimum Gasteiger partial charge on any atom is -0.493 e. The molecule has 0 radical (unpaired) electrons. The van der Waals surface area contributed by atoms with Gasteiger partial charge >= 0.3 is 11.7 Å². The van der Waals surface area contributed by atoms with E-state index in [1.165, 1.54) is 17.9 Å². The third kappa shape index (κ3) is 3.68. The lowest BCUT2D eigenvalue weighted by atomic mass is 10.2.